The largest absolute Gasteiger partial charge is 0.416 e. The Kier molecular flexibility index (Phi) is 4.90. The Morgan fingerprint density at radius 1 is 1.30 bits per heavy atom. The number of hydrazone groups is 1. The van der Waals surface area contributed by atoms with Crippen molar-refractivity contribution in [2.24, 2.45) is 10.8 Å². The second kappa shape index (κ2) is 6.27. The molecule has 23 heavy (non-hydrogen) atoms. The lowest BCUT2D eigenvalue weighted by molar-refractivity contribution is -0.137. The third-order valence-corrected chi connectivity index (χ3v) is 4.31. The third-order valence-electron chi connectivity index (χ3n) is 2.82. The second-order valence-electron chi connectivity index (χ2n) is 4.31. The monoisotopic (exact) mass is 403 g/mol. The summed E-state index contributed by atoms with van der Waals surface area (Å²) in [7, 11) is -2.66. The van der Waals surface area contributed by atoms with Crippen LogP contribution >= 0.6 is 35.4 Å². The molecule has 1 aromatic carbocycles. The first-order valence-corrected chi connectivity index (χ1v) is 7.94. The van der Waals surface area contributed by atoms with E-state index >= 15 is 0 Å². The number of benzene rings is 1. The van der Waals surface area contributed by atoms with Gasteiger partial charge in [0, 0.05) is 0 Å². The molecule has 0 saturated heterocycles. The Morgan fingerprint density at radius 2 is 1.83 bits per heavy atom. The molecular formula is C11H6Cl2F3N3O2S2. The first-order chi connectivity index (χ1) is 10.5. The summed E-state index contributed by atoms with van der Waals surface area (Å²) in [6.45, 7) is -0.298. The maximum Gasteiger partial charge on any atom is 0.416 e. The highest BCUT2D eigenvalue weighted by molar-refractivity contribution is 7.83. The number of rotatable bonds is 2. The van der Waals surface area contributed by atoms with Gasteiger partial charge in [0.1, 0.15) is 15.6 Å². The smallest absolute Gasteiger partial charge is 0.388 e. The molecule has 1 aliphatic rings. The minimum absolute atomic E-state index is 0.0736. The average molecular weight is 404 g/mol. The third kappa shape index (κ3) is 3.60. The predicted molar refractivity (Wildman–Crippen MR) is 87.0 cm³/mol. The lowest BCUT2D eigenvalue weighted by atomic mass is 10.2. The van der Waals surface area contributed by atoms with Gasteiger partial charge in [0.15, 0.2) is 0 Å². The summed E-state index contributed by atoms with van der Waals surface area (Å²) in [5, 5.41) is 4.23. The van der Waals surface area contributed by atoms with Gasteiger partial charge < -0.3 is 5.73 Å². The lowest BCUT2D eigenvalue weighted by Gasteiger charge is -2.18. The van der Waals surface area contributed by atoms with Gasteiger partial charge in [-0.3, -0.25) is 5.01 Å². The Morgan fingerprint density at radius 3 is 2.17 bits per heavy atom. The van der Waals surface area contributed by atoms with Crippen molar-refractivity contribution in [2.45, 2.75) is 6.18 Å². The minimum atomic E-state index is -4.63. The Balaban J connectivity index is 2.57. The molecule has 0 radical (unpaired) electrons. The highest BCUT2D eigenvalue weighted by Gasteiger charge is 2.34. The summed E-state index contributed by atoms with van der Waals surface area (Å²) in [6.07, 6.45) is -4.63. The Labute approximate surface area is 145 Å². The molecule has 0 aromatic heterocycles. The fourth-order valence-electron chi connectivity index (χ4n) is 1.85. The van der Waals surface area contributed by atoms with Gasteiger partial charge in [-0.05, 0) is 12.1 Å². The van der Waals surface area contributed by atoms with Gasteiger partial charge in [0.05, 0.1) is 27.8 Å². The van der Waals surface area contributed by atoms with Crippen molar-refractivity contribution in [2.75, 3.05) is 11.6 Å². The van der Waals surface area contributed by atoms with E-state index in [2.05, 4.69) is 5.10 Å². The van der Waals surface area contributed by atoms with Crippen LogP contribution in [0.25, 0.3) is 0 Å². The zero-order valence-electron chi connectivity index (χ0n) is 10.9. The fraction of sp³-hybridized carbons (Fsp3) is 0.182. The van der Waals surface area contributed by atoms with Crippen LogP contribution in [0.15, 0.2) is 17.2 Å². The topological polar surface area (TPSA) is 75.8 Å². The summed E-state index contributed by atoms with van der Waals surface area (Å²) in [5.74, 6) is 0. The van der Waals surface area contributed by atoms with E-state index in [-0.39, 0.29) is 37.8 Å². The van der Waals surface area contributed by atoms with E-state index in [1.54, 1.807) is 0 Å². The summed E-state index contributed by atoms with van der Waals surface area (Å²) in [6, 6.07) is 1.34. The van der Waals surface area contributed by atoms with Crippen LogP contribution < -0.4 is 10.7 Å². The number of alkyl halides is 3. The molecule has 124 valence electrons. The van der Waals surface area contributed by atoms with Crippen LogP contribution in [0.3, 0.4) is 0 Å². The van der Waals surface area contributed by atoms with E-state index in [0.29, 0.717) is 12.1 Å². The first kappa shape index (κ1) is 18.0. The summed E-state index contributed by atoms with van der Waals surface area (Å²) >= 11 is 16.4. The van der Waals surface area contributed by atoms with Crippen LogP contribution in [0, 0.1) is 0 Å². The van der Waals surface area contributed by atoms with Crippen LogP contribution in [0.1, 0.15) is 5.56 Å². The summed E-state index contributed by atoms with van der Waals surface area (Å²) < 4.78 is 60.5. The van der Waals surface area contributed by atoms with Gasteiger partial charge in [-0.1, -0.05) is 35.4 Å². The number of thiocarbonyl (C=S) groups is 1. The van der Waals surface area contributed by atoms with Gasteiger partial charge in [-0.25, -0.2) is 0 Å². The van der Waals surface area contributed by atoms with E-state index < -0.39 is 22.0 Å². The van der Waals surface area contributed by atoms with Gasteiger partial charge in [-0.15, -0.1) is 0 Å². The van der Waals surface area contributed by atoms with Crippen LogP contribution in [-0.4, -0.2) is 30.5 Å². The van der Waals surface area contributed by atoms with Crippen molar-refractivity contribution in [3.63, 3.8) is 0 Å². The van der Waals surface area contributed by atoms with Crippen molar-refractivity contribution in [3.8, 4) is 0 Å². The first-order valence-electron chi connectivity index (χ1n) is 5.70. The molecule has 2 rings (SSSR count). The number of anilines is 1. The molecule has 1 aromatic rings. The average Bonchev–Trinajstić information content (AvgIpc) is 2.81. The zero-order valence-corrected chi connectivity index (χ0v) is 14.0. The fourth-order valence-corrected chi connectivity index (χ4v) is 3.29. The van der Waals surface area contributed by atoms with Crippen LogP contribution in [0.5, 0.6) is 0 Å². The highest BCUT2D eigenvalue weighted by atomic mass is 35.5. The van der Waals surface area contributed by atoms with Gasteiger partial charge in [0.25, 0.3) is 0 Å². The molecule has 2 N–H and O–H groups in total. The highest BCUT2D eigenvalue weighted by Crippen LogP contribution is 2.41. The quantitative estimate of drug-likeness (QED) is 0.767. The molecule has 0 amide bonds. The molecular weight excluding hydrogens is 398 g/mol. The van der Waals surface area contributed by atoms with Gasteiger partial charge in [-0.2, -0.15) is 26.7 Å². The maximum atomic E-state index is 12.7. The van der Waals surface area contributed by atoms with Crippen molar-refractivity contribution < 1.29 is 21.6 Å². The van der Waals surface area contributed by atoms with E-state index in [9.17, 15) is 21.6 Å². The second-order valence-corrected chi connectivity index (χ2v) is 6.53. The SMILES string of the molecule is NC(=S)C1=NN(c2c(Cl)cc(C(F)(F)F)cc2Cl)CC1=S(=O)=O. The summed E-state index contributed by atoms with van der Waals surface area (Å²) in [4.78, 5) is -0.476. The van der Waals surface area contributed by atoms with Crippen molar-refractivity contribution in [1.82, 2.24) is 0 Å². The zero-order chi connectivity index (χ0) is 17.5. The molecule has 0 spiro atoms. The molecule has 0 saturated carbocycles. The molecule has 0 fully saturated rings. The molecule has 12 heteroatoms. The van der Waals surface area contributed by atoms with Crippen LogP contribution in [0.2, 0.25) is 10.0 Å². The molecule has 0 aliphatic carbocycles. The standard InChI is InChI=1S/C11H6Cl2F3N3O2S2/c12-5-1-4(11(14,15)16)2-6(13)9(5)19-3-7(23(20)21)8(18-19)10(17)22/h1-2H,3H2,(H2,17,22). The number of nitrogens with two attached hydrogens (primary N) is 1. The lowest BCUT2D eigenvalue weighted by Crippen LogP contribution is -2.28. The van der Waals surface area contributed by atoms with E-state index in [1.807, 2.05) is 0 Å². The molecule has 1 heterocycles. The maximum absolute atomic E-state index is 12.7. The van der Waals surface area contributed by atoms with E-state index in [1.165, 1.54) is 0 Å². The molecule has 5 nitrogen and oxygen atoms in total. The Bertz CT molecular complexity index is 835. The van der Waals surface area contributed by atoms with E-state index in [4.69, 9.17) is 41.2 Å². The number of hydrogen-bond acceptors (Lipinski definition) is 5. The molecule has 1 aliphatic heterocycles. The van der Waals surface area contributed by atoms with Crippen LogP contribution in [0.4, 0.5) is 18.9 Å². The van der Waals surface area contributed by atoms with E-state index in [0.717, 1.165) is 5.01 Å². The number of halogens is 5. The van der Waals surface area contributed by atoms with Gasteiger partial charge >= 0.3 is 6.18 Å². The molecule has 0 unspecified atom stereocenters. The normalized spacial score (nSPS) is 14.9. The van der Waals surface area contributed by atoms with Gasteiger partial charge in [0.2, 0.25) is 10.3 Å². The van der Waals surface area contributed by atoms with Crippen LogP contribution in [-0.2, 0) is 16.5 Å². The van der Waals surface area contributed by atoms with Crippen molar-refractivity contribution >= 4 is 67.0 Å². The van der Waals surface area contributed by atoms with Crippen molar-refractivity contribution in [1.29, 1.82) is 0 Å². The number of nitrogens with zero attached hydrogens (tertiary/aromatic N) is 2. The summed E-state index contributed by atoms with van der Waals surface area (Å²) in [5.41, 5.74) is 4.11. The van der Waals surface area contributed by atoms with Crippen molar-refractivity contribution in [3.05, 3.63) is 27.7 Å². The molecule has 0 atom stereocenters. The predicted octanol–water partition coefficient (Wildman–Crippen LogP) is 2.53. The minimum Gasteiger partial charge on any atom is -0.388 e. The Hall–Kier alpha value is -1.36. The molecule has 0 bridgehead atoms. The number of hydrogen-bond donors (Lipinski definition) is 1.